The fraction of sp³-hybridized carbons (Fsp3) is 0.250. The average Bonchev–Trinajstić information content (AvgIpc) is 3.26. The Labute approximate surface area is 160 Å². The van der Waals surface area contributed by atoms with E-state index in [1.165, 1.54) is 12.5 Å². The highest BCUT2D eigenvalue weighted by Crippen LogP contribution is 2.43. The molecule has 142 valence electrons. The number of hydrogen-bond acceptors (Lipinski definition) is 5. The molecule has 2 aromatic heterocycles. The molecular weight excluding hydrogens is 358 g/mol. The summed E-state index contributed by atoms with van der Waals surface area (Å²) < 4.78 is 0. The van der Waals surface area contributed by atoms with Crippen LogP contribution in [-0.2, 0) is 10.3 Å². The van der Waals surface area contributed by atoms with Crippen LogP contribution in [0.4, 0.5) is 0 Å². The van der Waals surface area contributed by atoms with Crippen molar-refractivity contribution in [3.05, 3.63) is 69.2 Å². The normalized spacial score (nSPS) is 19.4. The molecule has 1 aliphatic rings. The second-order valence-electron chi connectivity index (χ2n) is 7.00. The largest absolute Gasteiger partial charge is 0.481 e. The highest BCUT2D eigenvalue weighted by Gasteiger charge is 2.49. The Balaban J connectivity index is 2.00. The Kier molecular flexibility index (Phi) is 3.99. The molecule has 0 spiro atoms. The number of aryl methyl sites for hydroxylation is 3. The highest BCUT2D eigenvalue weighted by molar-refractivity contribution is 5.85. The van der Waals surface area contributed by atoms with Gasteiger partial charge in [-0.05, 0) is 56.2 Å². The van der Waals surface area contributed by atoms with Crippen LogP contribution in [0.5, 0.6) is 0 Å². The standard InChI is InChI=1S/C20H19N5O3/c1-10-7-13-14(8-11(10)2)25-19(24-13)20(5-4-6-23-20)16(18(27)28)15-12(3)21-9-22-17(15)26/h4-9,16H,1-3H3,(H,24,25)(H,27,28)(H,21,22,26). The van der Waals surface area contributed by atoms with Gasteiger partial charge in [-0.25, -0.2) is 9.97 Å². The predicted molar refractivity (Wildman–Crippen MR) is 105 cm³/mol. The molecule has 8 heteroatoms. The smallest absolute Gasteiger partial charge is 0.314 e. The molecule has 0 radical (unpaired) electrons. The first-order chi connectivity index (χ1) is 13.3. The molecule has 0 bridgehead atoms. The van der Waals surface area contributed by atoms with Crippen LogP contribution in [-0.4, -0.2) is 37.2 Å². The van der Waals surface area contributed by atoms with Gasteiger partial charge in [-0.3, -0.25) is 14.6 Å². The molecule has 2 unspecified atom stereocenters. The molecule has 0 aliphatic carbocycles. The lowest BCUT2D eigenvalue weighted by Crippen LogP contribution is -2.39. The van der Waals surface area contributed by atoms with Gasteiger partial charge in [0.05, 0.1) is 22.9 Å². The predicted octanol–water partition coefficient (Wildman–Crippen LogP) is 2.28. The Morgan fingerprint density at radius 2 is 1.96 bits per heavy atom. The van der Waals surface area contributed by atoms with E-state index in [4.69, 9.17) is 0 Å². The van der Waals surface area contributed by atoms with Crippen molar-refractivity contribution in [2.24, 2.45) is 4.99 Å². The number of nitrogens with one attached hydrogen (secondary N) is 2. The van der Waals surface area contributed by atoms with E-state index in [-0.39, 0.29) is 5.56 Å². The summed E-state index contributed by atoms with van der Waals surface area (Å²) in [5.41, 5.74) is 2.21. The van der Waals surface area contributed by atoms with Crippen LogP contribution >= 0.6 is 0 Å². The third kappa shape index (κ3) is 2.57. The summed E-state index contributed by atoms with van der Waals surface area (Å²) in [5, 5.41) is 10.1. The number of fused-ring (bicyclic) bond motifs is 1. The zero-order valence-electron chi connectivity index (χ0n) is 15.6. The third-order valence-corrected chi connectivity index (χ3v) is 5.27. The maximum absolute atomic E-state index is 12.5. The Hall–Kier alpha value is -3.55. The zero-order valence-corrected chi connectivity index (χ0v) is 15.6. The zero-order chi connectivity index (χ0) is 20.1. The van der Waals surface area contributed by atoms with Gasteiger partial charge in [0.2, 0.25) is 0 Å². The SMILES string of the molecule is Cc1cc2nc(C3(C(C(=O)O)c4c(C)nc[nH]c4=O)C=CC=N3)[nH]c2cc1C. The third-order valence-electron chi connectivity index (χ3n) is 5.27. The van der Waals surface area contributed by atoms with E-state index in [1.807, 2.05) is 26.0 Å². The molecule has 3 aromatic rings. The maximum Gasteiger partial charge on any atom is 0.314 e. The Morgan fingerprint density at radius 1 is 1.21 bits per heavy atom. The second kappa shape index (κ2) is 6.26. The fourth-order valence-corrected chi connectivity index (χ4v) is 3.68. The van der Waals surface area contributed by atoms with E-state index in [0.29, 0.717) is 17.0 Å². The number of imidazole rings is 1. The number of benzene rings is 1. The van der Waals surface area contributed by atoms with Gasteiger partial charge in [0.25, 0.3) is 5.56 Å². The molecule has 4 rings (SSSR count). The van der Waals surface area contributed by atoms with E-state index in [2.05, 4.69) is 24.9 Å². The molecule has 3 N–H and O–H groups in total. The number of carboxylic acid groups (broad SMARTS) is 1. The number of aliphatic imine (C=N–C) groups is 1. The maximum atomic E-state index is 12.5. The molecule has 3 heterocycles. The van der Waals surface area contributed by atoms with Crippen LogP contribution in [0.2, 0.25) is 0 Å². The van der Waals surface area contributed by atoms with E-state index < -0.39 is 23.0 Å². The summed E-state index contributed by atoms with van der Waals surface area (Å²) in [4.78, 5) is 43.8. The number of allylic oxidation sites excluding steroid dienone is 1. The number of aromatic amines is 2. The van der Waals surface area contributed by atoms with Gasteiger partial charge < -0.3 is 15.1 Å². The number of nitrogens with zero attached hydrogens (tertiary/aromatic N) is 3. The first kappa shape index (κ1) is 17.8. The molecule has 1 aliphatic heterocycles. The lowest BCUT2D eigenvalue weighted by Gasteiger charge is -2.29. The van der Waals surface area contributed by atoms with Gasteiger partial charge in [-0.1, -0.05) is 0 Å². The van der Waals surface area contributed by atoms with Gasteiger partial charge in [0.15, 0.2) is 5.54 Å². The van der Waals surface area contributed by atoms with Crippen molar-refractivity contribution in [3.63, 3.8) is 0 Å². The van der Waals surface area contributed by atoms with Crippen LogP contribution in [0, 0.1) is 20.8 Å². The quantitative estimate of drug-likeness (QED) is 0.643. The van der Waals surface area contributed by atoms with Crippen molar-refractivity contribution in [1.82, 2.24) is 19.9 Å². The van der Waals surface area contributed by atoms with Crippen molar-refractivity contribution in [3.8, 4) is 0 Å². The van der Waals surface area contributed by atoms with Gasteiger partial charge in [0, 0.05) is 11.9 Å². The lowest BCUT2D eigenvalue weighted by atomic mass is 9.79. The van der Waals surface area contributed by atoms with E-state index in [1.54, 1.807) is 19.1 Å². The molecule has 8 nitrogen and oxygen atoms in total. The summed E-state index contributed by atoms with van der Waals surface area (Å²) in [7, 11) is 0. The van der Waals surface area contributed by atoms with Crippen molar-refractivity contribution < 1.29 is 9.90 Å². The fourth-order valence-electron chi connectivity index (χ4n) is 3.68. The van der Waals surface area contributed by atoms with Crippen LogP contribution in [0.1, 0.15) is 34.1 Å². The first-order valence-electron chi connectivity index (χ1n) is 8.81. The summed E-state index contributed by atoms with van der Waals surface area (Å²) in [6.07, 6.45) is 6.11. The molecular formula is C20H19N5O3. The summed E-state index contributed by atoms with van der Waals surface area (Å²) in [6.45, 7) is 5.60. The van der Waals surface area contributed by atoms with Gasteiger partial charge in [-0.15, -0.1) is 0 Å². The lowest BCUT2D eigenvalue weighted by molar-refractivity contribution is -0.140. The van der Waals surface area contributed by atoms with Crippen LogP contribution in [0.25, 0.3) is 11.0 Å². The molecule has 0 saturated heterocycles. The molecule has 0 fully saturated rings. The van der Waals surface area contributed by atoms with Crippen molar-refractivity contribution in [2.75, 3.05) is 0 Å². The number of H-pyrrole nitrogens is 2. The molecule has 2 atom stereocenters. The Bertz CT molecular complexity index is 1170. The minimum atomic E-state index is -1.37. The van der Waals surface area contributed by atoms with Crippen molar-refractivity contribution in [1.29, 1.82) is 0 Å². The Morgan fingerprint density at radius 3 is 2.61 bits per heavy atom. The molecule has 1 aromatic carbocycles. The van der Waals surface area contributed by atoms with E-state index in [0.717, 1.165) is 16.6 Å². The number of carboxylic acids is 1. The number of hydrogen-bond donors (Lipinski definition) is 3. The molecule has 0 saturated carbocycles. The number of aromatic nitrogens is 4. The van der Waals surface area contributed by atoms with Crippen LogP contribution < -0.4 is 5.56 Å². The van der Waals surface area contributed by atoms with E-state index >= 15 is 0 Å². The number of aliphatic carboxylic acids is 1. The number of carbonyl (C=O) groups is 1. The summed E-state index contributed by atoms with van der Waals surface area (Å²) in [5.74, 6) is -2.10. The van der Waals surface area contributed by atoms with Crippen molar-refractivity contribution in [2.45, 2.75) is 32.2 Å². The number of rotatable bonds is 4. The first-order valence-corrected chi connectivity index (χ1v) is 8.81. The average molecular weight is 377 g/mol. The van der Waals surface area contributed by atoms with E-state index in [9.17, 15) is 14.7 Å². The highest BCUT2D eigenvalue weighted by atomic mass is 16.4. The minimum absolute atomic E-state index is 0.0616. The van der Waals surface area contributed by atoms with Gasteiger partial charge in [-0.2, -0.15) is 0 Å². The van der Waals surface area contributed by atoms with Crippen molar-refractivity contribution >= 4 is 23.2 Å². The molecule has 28 heavy (non-hydrogen) atoms. The van der Waals surface area contributed by atoms with Crippen LogP contribution in [0.15, 0.2) is 40.4 Å². The second-order valence-corrected chi connectivity index (χ2v) is 7.00. The van der Waals surface area contributed by atoms with Gasteiger partial charge in [0.1, 0.15) is 11.7 Å². The molecule has 0 amide bonds. The monoisotopic (exact) mass is 377 g/mol. The van der Waals surface area contributed by atoms with Crippen LogP contribution in [0.3, 0.4) is 0 Å². The summed E-state index contributed by atoms with van der Waals surface area (Å²) in [6, 6.07) is 3.91. The minimum Gasteiger partial charge on any atom is -0.481 e. The van der Waals surface area contributed by atoms with Gasteiger partial charge >= 0.3 is 5.97 Å². The summed E-state index contributed by atoms with van der Waals surface area (Å²) >= 11 is 0. The topological polar surface area (TPSA) is 124 Å².